The number of carbonyl (C=O) groups excluding carboxylic acids is 3. The Morgan fingerprint density at radius 3 is 2.54 bits per heavy atom. The molecule has 3 aromatic rings. The number of pyridine rings is 1. The van der Waals surface area contributed by atoms with Gasteiger partial charge >= 0.3 is 5.97 Å². The minimum atomic E-state index is -0.686. The molecule has 0 aliphatic carbocycles. The summed E-state index contributed by atoms with van der Waals surface area (Å²) in [5, 5.41) is 4.89. The fourth-order valence-corrected chi connectivity index (χ4v) is 4.21. The van der Waals surface area contributed by atoms with Gasteiger partial charge in [0.1, 0.15) is 5.75 Å². The number of hydrazone groups is 1. The number of thioether (sulfide) groups is 1. The molecule has 1 aromatic heterocycles. The number of fused-ring (bicyclic) bond motifs is 1. The first-order valence-electron chi connectivity index (χ1n) is 10.3. The second-order valence-electron chi connectivity index (χ2n) is 7.25. The first-order valence-corrected chi connectivity index (χ1v) is 11.2. The van der Waals surface area contributed by atoms with Gasteiger partial charge in [0, 0.05) is 24.6 Å². The maximum Gasteiger partial charge on any atom is 0.331 e. The number of para-hydroxylation sites is 2. The van der Waals surface area contributed by atoms with Crippen LogP contribution in [0.1, 0.15) is 0 Å². The molecule has 1 N–H and O–H groups in total. The van der Waals surface area contributed by atoms with Gasteiger partial charge in [-0.2, -0.15) is 0 Å². The van der Waals surface area contributed by atoms with E-state index in [-0.39, 0.29) is 21.4 Å². The van der Waals surface area contributed by atoms with E-state index in [0.717, 1.165) is 17.8 Å². The van der Waals surface area contributed by atoms with Crippen molar-refractivity contribution in [2.24, 2.45) is 12.1 Å². The minimum absolute atomic E-state index is 0.0940. The van der Waals surface area contributed by atoms with Crippen molar-refractivity contribution in [3.8, 4) is 5.75 Å². The van der Waals surface area contributed by atoms with Crippen LogP contribution >= 0.6 is 11.8 Å². The summed E-state index contributed by atoms with van der Waals surface area (Å²) in [6.07, 6.45) is 1.07. The first kappa shape index (κ1) is 23.8. The smallest absolute Gasteiger partial charge is 0.331 e. The first-order chi connectivity index (χ1) is 16.9. The molecule has 0 bridgehead atoms. The highest BCUT2D eigenvalue weighted by molar-refractivity contribution is 8.19. The van der Waals surface area contributed by atoms with Gasteiger partial charge in [-0.05, 0) is 36.0 Å². The number of aromatic nitrogens is 1. The number of amidine groups is 1. The third-order valence-electron chi connectivity index (χ3n) is 5.02. The molecule has 11 heteroatoms. The highest BCUT2D eigenvalue weighted by atomic mass is 32.2. The predicted octanol–water partition coefficient (Wildman–Crippen LogP) is 2.14. The van der Waals surface area contributed by atoms with Crippen LogP contribution in [0.2, 0.25) is 0 Å². The minimum Gasteiger partial charge on any atom is -0.483 e. The lowest BCUT2D eigenvalue weighted by molar-refractivity contribution is -0.135. The van der Waals surface area contributed by atoms with Crippen molar-refractivity contribution in [3.63, 3.8) is 0 Å². The van der Waals surface area contributed by atoms with Crippen molar-refractivity contribution in [1.82, 2.24) is 9.99 Å². The van der Waals surface area contributed by atoms with Gasteiger partial charge in [0.05, 0.1) is 23.2 Å². The molecule has 10 nitrogen and oxygen atoms in total. The van der Waals surface area contributed by atoms with E-state index in [0.29, 0.717) is 16.6 Å². The number of amides is 2. The van der Waals surface area contributed by atoms with Gasteiger partial charge in [0.2, 0.25) is 0 Å². The van der Waals surface area contributed by atoms with Crippen molar-refractivity contribution in [2.45, 2.75) is 0 Å². The molecule has 35 heavy (non-hydrogen) atoms. The number of anilines is 1. The molecule has 0 spiro atoms. The zero-order chi connectivity index (χ0) is 24.9. The number of hydrogen-bond donors (Lipinski definition) is 1. The Hall–Kier alpha value is -4.38. The molecule has 0 unspecified atom stereocenters. The number of aryl methyl sites for hydroxylation is 1. The van der Waals surface area contributed by atoms with E-state index < -0.39 is 24.4 Å². The van der Waals surface area contributed by atoms with Gasteiger partial charge in [0.15, 0.2) is 11.8 Å². The summed E-state index contributed by atoms with van der Waals surface area (Å²) < 4.78 is 11.7. The standard InChI is InChI=1S/C24H20N4O6S/c1-27-17-11-7-6-10-16(17)18(12-21(27)30)34-14-20(29)25-26-24-28(15-8-4-3-5-9-15)23(32)19(35-24)13-22(31)33-2/h3-13H,14H2,1-2H3,(H,25,29)/b19-13+,26-24+. The lowest BCUT2D eigenvalue weighted by atomic mass is 10.2. The van der Waals surface area contributed by atoms with Crippen molar-refractivity contribution < 1.29 is 23.9 Å². The number of nitrogens with one attached hydrogen (secondary N) is 1. The van der Waals surface area contributed by atoms with E-state index >= 15 is 0 Å². The molecular weight excluding hydrogens is 472 g/mol. The van der Waals surface area contributed by atoms with Crippen LogP contribution in [0.3, 0.4) is 0 Å². The number of esters is 1. The maximum atomic E-state index is 12.9. The van der Waals surface area contributed by atoms with Gasteiger partial charge in [0.25, 0.3) is 17.4 Å². The second kappa shape index (κ2) is 10.3. The number of hydrogen-bond acceptors (Lipinski definition) is 8. The number of nitrogens with zero attached hydrogens (tertiary/aromatic N) is 3. The van der Waals surface area contributed by atoms with E-state index in [1.807, 2.05) is 0 Å². The van der Waals surface area contributed by atoms with Crippen LogP contribution < -0.4 is 20.6 Å². The molecule has 2 heterocycles. The number of benzene rings is 2. The zero-order valence-electron chi connectivity index (χ0n) is 18.8. The van der Waals surface area contributed by atoms with Gasteiger partial charge in [-0.3, -0.25) is 19.3 Å². The second-order valence-corrected chi connectivity index (χ2v) is 8.26. The lowest BCUT2D eigenvalue weighted by Crippen LogP contribution is -2.32. The fraction of sp³-hybridized carbons (Fsp3) is 0.125. The fourth-order valence-electron chi connectivity index (χ4n) is 3.30. The van der Waals surface area contributed by atoms with Gasteiger partial charge in [-0.15, -0.1) is 5.10 Å². The number of carbonyl (C=O) groups is 3. The van der Waals surface area contributed by atoms with E-state index in [4.69, 9.17) is 4.74 Å². The number of ether oxygens (including phenoxy) is 2. The Morgan fingerprint density at radius 1 is 1.09 bits per heavy atom. The van der Waals surface area contributed by atoms with Crippen LogP contribution in [0.25, 0.3) is 10.9 Å². The topological polar surface area (TPSA) is 119 Å². The van der Waals surface area contributed by atoms with Crippen LogP contribution in [0, 0.1) is 0 Å². The monoisotopic (exact) mass is 492 g/mol. The van der Waals surface area contributed by atoms with Crippen molar-refractivity contribution in [2.75, 3.05) is 18.6 Å². The molecule has 1 saturated heterocycles. The molecule has 178 valence electrons. The van der Waals surface area contributed by atoms with Crippen molar-refractivity contribution in [3.05, 3.63) is 82.0 Å². The van der Waals surface area contributed by atoms with E-state index in [9.17, 15) is 19.2 Å². The summed E-state index contributed by atoms with van der Waals surface area (Å²) in [5.41, 5.74) is 3.26. The molecule has 1 fully saturated rings. The van der Waals surface area contributed by atoms with E-state index in [2.05, 4.69) is 15.3 Å². The summed E-state index contributed by atoms with van der Waals surface area (Å²) in [4.78, 5) is 50.6. The van der Waals surface area contributed by atoms with Crippen LogP contribution in [0.5, 0.6) is 5.75 Å². The Morgan fingerprint density at radius 2 is 1.80 bits per heavy atom. The molecule has 0 saturated carbocycles. The zero-order valence-corrected chi connectivity index (χ0v) is 19.6. The Labute approximate surface area is 203 Å². The SMILES string of the molecule is COC(=O)/C=C1/S/C(=N/NC(=O)COc2cc(=O)n(C)c3ccccc23)N(c2ccccc2)C1=O. The molecule has 2 amide bonds. The quantitative estimate of drug-likeness (QED) is 0.318. The molecule has 0 atom stereocenters. The van der Waals surface area contributed by atoms with Crippen LogP contribution in [-0.2, 0) is 26.2 Å². The normalized spacial score (nSPS) is 15.6. The Balaban J connectivity index is 1.52. The summed E-state index contributed by atoms with van der Waals surface area (Å²) in [7, 11) is 2.86. The third-order valence-corrected chi connectivity index (χ3v) is 5.99. The number of rotatable bonds is 6. The summed E-state index contributed by atoms with van der Waals surface area (Å²) >= 11 is 0.914. The van der Waals surface area contributed by atoms with Crippen LogP contribution in [-0.4, -0.2) is 41.2 Å². The summed E-state index contributed by atoms with van der Waals surface area (Å²) in [6, 6.07) is 17.2. The average Bonchev–Trinajstić information content (AvgIpc) is 3.19. The van der Waals surface area contributed by atoms with E-state index in [1.165, 1.54) is 22.6 Å². The van der Waals surface area contributed by atoms with Gasteiger partial charge < -0.3 is 14.0 Å². The van der Waals surface area contributed by atoms with Crippen molar-refractivity contribution >= 4 is 51.3 Å². The Kier molecular flexibility index (Phi) is 6.97. The highest BCUT2D eigenvalue weighted by Crippen LogP contribution is 2.34. The summed E-state index contributed by atoms with van der Waals surface area (Å²) in [5.74, 6) is -1.50. The largest absolute Gasteiger partial charge is 0.483 e. The van der Waals surface area contributed by atoms with Gasteiger partial charge in [-0.25, -0.2) is 10.2 Å². The third kappa shape index (κ3) is 5.09. The van der Waals surface area contributed by atoms with Crippen LogP contribution in [0.4, 0.5) is 5.69 Å². The maximum absolute atomic E-state index is 12.9. The van der Waals surface area contributed by atoms with Crippen LogP contribution in [0.15, 0.2) is 81.5 Å². The summed E-state index contributed by atoms with van der Waals surface area (Å²) in [6.45, 7) is -0.414. The average molecular weight is 493 g/mol. The molecule has 4 rings (SSSR count). The highest BCUT2D eigenvalue weighted by Gasteiger charge is 2.35. The van der Waals surface area contributed by atoms with Crippen molar-refractivity contribution in [1.29, 1.82) is 0 Å². The Bertz CT molecular complexity index is 1430. The van der Waals surface area contributed by atoms with Gasteiger partial charge in [-0.1, -0.05) is 30.3 Å². The lowest BCUT2D eigenvalue weighted by Gasteiger charge is -2.15. The number of methoxy groups -OCH3 is 1. The predicted molar refractivity (Wildman–Crippen MR) is 132 cm³/mol. The molecule has 1 aliphatic heterocycles. The molecule has 2 aromatic carbocycles. The molecule has 1 aliphatic rings. The molecule has 0 radical (unpaired) electrons. The molecular formula is C24H20N4O6S. The van der Waals surface area contributed by atoms with E-state index in [1.54, 1.807) is 61.6 Å².